The van der Waals surface area contributed by atoms with Crippen molar-refractivity contribution in [1.29, 1.82) is 0 Å². The summed E-state index contributed by atoms with van der Waals surface area (Å²) in [4.78, 5) is 12.7. The Morgan fingerprint density at radius 1 is 1.53 bits per heavy atom. The van der Waals surface area contributed by atoms with E-state index in [1.807, 2.05) is 18.2 Å². The van der Waals surface area contributed by atoms with Gasteiger partial charge in [-0.15, -0.1) is 0 Å². The van der Waals surface area contributed by atoms with Gasteiger partial charge in [0.2, 0.25) is 0 Å². The molecule has 0 unspecified atom stereocenters. The second-order valence-electron chi connectivity index (χ2n) is 3.30. The third-order valence-corrected chi connectivity index (χ3v) is 3.41. The van der Waals surface area contributed by atoms with Crippen LogP contribution in [0.2, 0.25) is 5.02 Å². The number of carbonyl (C=O) groups is 1. The molecule has 0 aliphatic rings. The van der Waals surface area contributed by atoms with Crippen LogP contribution in [0.15, 0.2) is 18.2 Å². The molecule has 0 saturated heterocycles. The van der Waals surface area contributed by atoms with Gasteiger partial charge in [0.1, 0.15) is 0 Å². The first-order valence-corrected chi connectivity index (χ1v) is 5.85. The summed E-state index contributed by atoms with van der Waals surface area (Å²) in [7, 11) is 3.41. The van der Waals surface area contributed by atoms with Crippen LogP contribution >= 0.6 is 34.2 Å². The van der Waals surface area contributed by atoms with E-state index in [9.17, 15) is 4.79 Å². The van der Waals surface area contributed by atoms with Crippen LogP contribution in [0.25, 0.3) is 0 Å². The van der Waals surface area contributed by atoms with Gasteiger partial charge in [-0.05, 0) is 40.3 Å². The van der Waals surface area contributed by atoms with Crippen molar-refractivity contribution in [3.63, 3.8) is 0 Å². The standard InChI is InChI=1S/C10H12ClIN2O/c1-14(2)10(15)13-6-7-3-4-9(12)8(11)5-7/h3-5H,6H2,1-2H3,(H,13,15). The van der Waals surface area contributed by atoms with Gasteiger partial charge in [0.05, 0.1) is 5.02 Å². The zero-order valence-electron chi connectivity index (χ0n) is 8.55. The van der Waals surface area contributed by atoms with Gasteiger partial charge in [0.15, 0.2) is 0 Å². The lowest BCUT2D eigenvalue weighted by Crippen LogP contribution is -2.33. The minimum Gasteiger partial charge on any atom is -0.334 e. The quantitative estimate of drug-likeness (QED) is 0.826. The molecule has 1 aromatic rings. The molecule has 0 radical (unpaired) electrons. The fourth-order valence-corrected chi connectivity index (χ4v) is 1.52. The van der Waals surface area contributed by atoms with Crippen molar-refractivity contribution in [1.82, 2.24) is 10.2 Å². The van der Waals surface area contributed by atoms with Crippen LogP contribution in [0.4, 0.5) is 4.79 Å². The van der Waals surface area contributed by atoms with E-state index in [0.29, 0.717) is 11.6 Å². The van der Waals surface area contributed by atoms with Gasteiger partial charge in [-0.2, -0.15) is 0 Å². The molecule has 0 aromatic heterocycles. The molecule has 0 bridgehead atoms. The Morgan fingerprint density at radius 2 is 2.20 bits per heavy atom. The highest BCUT2D eigenvalue weighted by atomic mass is 127. The Balaban J connectivity index is 2.58. The fraction of sp³-hybridized carbons (Fsp3) is 0.300. The first-order chi connectivity index (χ1) is 7.00. The van der Waals surface area contributed by atoms with Gasteiger partial charge < -0.3 is 10.2 Å². The highest BCUT2D eigenvalue weighted by molar-refractivity contribution is 14.1. The van der Waals surface area contributed by atoms with E-state index >= 15 is 0 Å². The van der Waals surface area contributed by atoms with Gasteiger partial charge in [-0.25, -0.2) is 4.79 Å². The minimum atomic E-state index is -0.107. The SMILES string of the molecule is CN(C)C(=O)NCc1ccc(I)c(Cl)c1. The Labute approximate surface area is 108 Å². The molecule has 1 N–H and O–H groups in total. The van der Waals surface area contributed by atoms with E-state index in [-0.39, 0.29) is 6.03 Å². The molecule has 5 heteroatoms. The van der Waals surface area contributed by atoms with Crippen molar-refractivity contribution in [2.75, 3.05) is 14.1 Å². The molecule has 0 fully saturated rings. The largest absolute Gasteiger partial charge is 0.334 e. The predicted octanol–water partition coefficient (Wildman–Crippen LogP) is 2.72. The maximum Gasteiger partial charge on any atom is 0.317 e. The number of benzene rings is 1. The van der Waals surface area contributed by atoms with Crippen LogP contribution in [0.5, 0.6) is 0 Å². The van der Waals surface area contributed by atoms with Crippen molar-refractivity contribution in [3.05, 3.63) is 32.4 Å². The molecule has 2 amide bonds. The molecule has 1 aromatic carbocycles. The molecule has 0 saturated carbocycles. The number of rotatable bonds is 2. The van der Waals surface area contributed by atoms with Crippen LogP contribution in [0, 0.1) is 3.57 Å². The lowest BCUT2D eigenvalue weighted by molar-refractivity contribution is 0.217. The summed E-state index contributed by atoms with van der Waals surface area (Å²) >= 11 is 8.13. The summed E-state index contributed by atoms with van der Waals surface area (Å²) in [6.45, 7) is 0.494. The number of carbonyl (C=O) groups excluding carboxylic acids is 1. The molecule has 0 aliphatic heterocycles. The molecule has 0 heterocycles. The van der Waals surface area contributed by atoms with Gasteiger partial charge in [-0.3, -0.25) is 0 Å². The fourth-order valence-electron chi connectivity index (χ4n) is 0.985. The highest BCUT2D eigenvalue weighted by Crippen LogP contribution is 2.19. The average molecular weight is 339 g/mol. The van der Waals surface area contributed by atoms with E-state index in [1.54, 1.807) is 14.1 Å². The molecule has 82 valence electrons. The lowest BCUT2D eigenvalue weighted by atomic mass is 10.2. The van der Waals surface area contributed by atoms with Crippen LogP contribution in [0.1, 0.15) is 5.56 Å². The zero-order valence-corrected chi connectivity index (χ0v) is 11.5. The molecular weight excluding hydrogens is 326 g/mol. The summed E-state index contributed by atoms with van der Waals surface area (Å²) in [6.07, 6.45) is 0. The maximum absolute atomic E-state index is 11.2. The zero-order chi connectivity index (χ0) is 11.4. The van der Waals surface area contributed by atoms with E-state index < -0.39 is 0 Å². The van der Waals surface area contributed by atoms with Gasteiger partial charge in [0.25, 0.3) is 0 Å². The van der Waals surface area contributed by atoms with Crippen molar-refractivity contribution in [2.45, 2.75) is 6.54 Å². The molecule has 0 aliphatic carbocycles. The second-order valence-corrected chi connectivity index (χ2v) is 4.87. The monoisotopic (exact) mass is 338 g/mol. The van der Waals surface area contributed by atoms with Gasteiger partial charge in [-0.1, -0.05) is 17.7 Å². The summed E-state index contributed by atoms with van der Waals surface area (Å²) in [5, 5.41) is 3.49. The molecular formula is C10H12ClIN2O. The first kappa shape index (κ1) is 12.6. The number of amides is 2. The Morgan fingerprint density at radius 3 is 2.73 bits per heavy atom. The summed E-state index contributed by atoms with van der Waals surface area (Å²) in [6, 6.07) is 5.63. The number of hydrogen-bond acceptors (Lipinski definition) is 1. The smallest absolute Gasteiger partial charge is 0.317 e. The normalized spacial score (nSPS) is 9.87. The average Bonchev–Trinajstić information content (AvgIpc) is 2.19. The van der Waals surface area contributed by atoms with Crippen LogP contribution in [0.3, 0.4) is 0 Å². The molecule has 15 heavy (non-hydrogen) atoms. The van der Waals surface area contributed by atoms with Gasteiger partial charge in [0, 0.05) is 24.2 Å². The summed E-state index contributed by atoms with van der Waals surface area (Å²) in [5.41, 5.74) is 0.996. The van der Waals surface area contributed by atoms with E-state index in [2.05, 4.69) is 27.9 Å². The number of urea groups is 1. The minimum absolute atomic E-state index is 0.107. The summed E-state index contributed by atoms with van der Waals surface area (Å²) in [5.74, 6) is 0. The van der Waals surface area contributed by atoms with E-state index in [4.69, 9.17) is 11.6 Å². The highest BCUT2D eigenvalue weighted by Gasteiger charge is 2.03. The van der Waals surface area contributed by atoms with Crippen molar-refractivity contribution in [3.8, 4) is 0 Å². The van der Waals surface area contributed by atoms with Crippen molar-refractivity contribution < 1.29 is 4.79 Å². The molecule has 1 rings (SSSR count). The lowest BCUT2D eigenvalue weighted by Gasteiger charge is -2.12. The van der Waals surface area contributed by atoms with Crippen LogP contribution in [-0.2, 0) is 6.54 Å². The molecule has 0 atom stereocenters. The third-order valence-electron chi connectivity index (χ3n) is 1.83. The Hall–Kier alpha value is -0.490. The third kappa shape index (κ3) is 3.87. The Kier molecular flexibility index (Phi) is 4.66. The van der Waals surface area contributed by atoms with Crippen LogP contribution < -0.4 is 5.32 Å². The number of nitrogens with one attached hydrogen (secondary N) is 1. The molecule has 3 nitrogen and oxygen atoms in total. The van der Waals surface area contributed by atoms with E-state index in [1.165, 1.54) is 4.90 Å². The topological polar surface area (TPSA) is 32.3 Å². The van der Waals surface area contributed by atoms with Crippen molar-refractivity contribution >= 4 is 40.2 Å². The number of hydrogen-bond donors (Lipinski definition) is 1. The Bertz CT molecular complexity index is 368. The number of nitrogens with zero attached hydrogens (tertiary/aromatic N) is 1. The van der Waals surface area contributed by atoms with Crippen LogP contribution in [-0.4, -0.2) is 25.0 Å². The van der Waals surface area contributed by atoms with Crippen molar-refractivity contribution in [2.24, 2.45) is 0 Å². The predicted molar refractivity (Wildman–Crippen MR) is 70.1 cm³/mol. The summed E-state index contributed by atoms with van der Waals surface area (Å²) < 4.78 is 1.01. The molecule has 0 spiro atoms. The second kappa shape index (κ2) is 5.55. The maximum atomic E-state index is 11.2. The first-order valence-electron chi connectivity index (χ1n) is 4.40. The number of halogens is 2. The van der Waals surface area contributed by atoms with E-state index in [0.717, 1.165) is 9.13 Å². The van der Waals surface area contributed by atoms with Gasteiger partial charge >= 0.3 is 6.03 Å².